The molecule has 1 aromatic rings. The Hall–Kier alpha value is -2.22. The average Bonchev–Trinajstić information content (AvgIpc) is 2.87. The van der Waals surface area contributed by atoms with Crippen molar-refractivity contribution in [3.63, 3.8) is 0 Å². The summed E-state index contributed by atoms with van der Waals surface area (Å²) in [5.74, 6) is 0.734. The van der Waals surface area contributed by atoms with E-state index in [9.17, 15) is 4.79 Å². The van der Waals surface area contributed by atoms with E-state index in [1.165, 1.54) is 0 Å². The third kappa shape index (κ3) is 3.16. The van der Waals surface area contributed by atoms with Gasteiger partial charge in [-0.3, -0.25) is 4.79 Å². The minimum atomic E-state index is -0.559. The van der Waals surface area contributed by atoms with Gasteiger partial charge in [0.25, 0.3) is 0 Å². The van der Waals surface area contributed by atoms with E-state index in [0.29, 0.717) is 19.4 Å². The van der Waals surface area contributed by atoms with Gasteiger partial charge in [-0.2, -0.15) is 5.26 Å². The van der Waals surface area contributed by atoms with E-state index in [0.717, 1.165) is 17.1 Å². The Kier molecular flexibility index (Phi) is 4.24. The molecule has 1 aliphatic rings. The van der Waals surface area contributed by atoms with E-state index in [1.807, 2.05) is 31.2 Å². The van der Waals surface area contributed by atoms with Crippen molar-refractivity contribution in [2.45, 2.75) is 19.8 Å². The highest BCUT2D eigenvalue weighted by molar-refractivity contribution is 5.80. The Bertz CT molecular complexity index is 508. The largest absolute Gasteiger partial charge is 0.454 e. The van der Waals surface area contributed by atoms with Crippen LogP contribution in [0, 0.1) is 17.2 Å². The van der Waals surface area contributed by atoms with Crippen LogP contribution in [0.5, 0.6) is 11.5 Å². The van der Waals surface area contributed by atoms with Crippen LogP contribution in [0.25, 0.3) is 0 Å². The third-order valence-corrected chi connectivity index (χ3v) is 3.03. The third-order valence-electron chi connectivity index (χ3n) is 3.03. The monoisotopic (exact) mass is 260 g/mol. The molecule has 0 radical (unpaired) electrons. The lowest BCUT2D eigenvalue weighted by molar-refractivity contribution is -0.123. The van der Waals surface area contributed by atoms with Crippen molar-refractivity contribution < 1.29 is 14.3 Å². The number of hydrogen-bond acceptors (Lipinski definition) is 4. The Labute approximate surface area is 112 Å². The first-order chi connectivity index (χ1) is 9.24. The first-order valence-electron chi connectivity index (χ1n) is 6.30. The number of benzene rings is 1. The lowest BCUT2D eigenvalue weighted by Crippen LogP contribution is -2.31. The maximum Gasteiger partial charge on any atom is 0.237 e. The maximum absolute atomic E-state index is 11.6. The molecule has 0 spiro atoms. The zero-order valence-corrected chi connectivity index (χ0v) is 10.8. The van der Waals surface area contributed by atoms with Crippen molar-refractivity contribution in [2.24, 2.45) is 5.92 Å². The zero-order valence-electron chi connectivity index (χ0n) is 10.8. The average molecular weight is 260 g/mol. The molecule has 5 heteroatoms. The van der Waals surface area contributed by atoms with Crippen LogP contribution in [0.4, 0.5) is 0 Å². The number of carbonyl (C=O) groups is 1. The first kappa shape index (κ1) is 13.2. The van der Waals surface area contributed by atoms with E-state index < -0.39 is 5.92 Å². The molecule has 1 N–H and O–H groups in total. The lowest BCUT2D eigenvalue weighted by Gasteiger charge is -2.08. The summed E-state index contributed by atoms with van der Waals surface area (Å²) in [7, 11) is 0. The molecule has 1 unspecified atom stereocenters. The SMILES string of the molecule is CCC(C#N)C(=O)NCCc1ccc2c(c1)OCO2. The minimum absolute atomic E-state index is 0.203. The number of carbonyl (C=O) groups excluding carboxylic acids is 1. The standard InChI is InChI=1S/C14H16N2O3/c1-2-11(8-15)14(17)16-6-5-10-3-4-12-13(7-10)19-9-18-12/h3-4,7,11H,2,5-6,9H2,1H3,(H,16,17). The van der Waals surface area contributed by atoms with Gasteiger partial charge < -0.3 is 14.8 Å². The van der Waals surface area contributed by atoms with Gasteiger partial charge in [-0.15, -0.1) is 0 Å². The molecule has 0 aliphatic carbocycles. The van der Waals surface area contributed by atoms with Gasteiger partial charge in [-0.1, -0.05) is 13.0 Å². The summed E-state index contributed by atoms with van der Waals surface area (Å²) in [6, 6.07) is 7.71. The second-order valence-electron chi connectivity index (χ2n) is 4.32. The van der Waals surface area contributed by atoms with Crippen LogP contribution in [0.1, 0.15) is 18.9 Å². The van der Waals surface area contributed by atoms with Crippen molar-refractivity contribution in [3.05, 3.63) is 23.8 Å². The van der Waals surface area contributed by atoms with Gasteiger partial charge in [0, 0.05) is 6.54 Å². The fourth-order valence-electron chi connectivity index (χ4n) is 1.89. The van der Waals surface area contributed by atoms with Crippen molar-refractivity contribution >= 4 is 5.91 Å². The topological polar surface area (TPSA) is 71.4 Å². The number of amides is 1. The molecule has 5 nitrogen and oxygen atoms in total. The summed E-state index contributed by atoms with van der Waals surface area (Å²) in [6.45, 7) is 2.60. The molecule has 0 bridgehead atoms. The second kappa shape index (κ2) is 6.10. The van der Waals surface area contributed by atoms with Crippen LogP contribution < -0.4 is 14.8 Å². The number of nitrogens with one attached hydrogen (secondary N) is 1. The molecular formula is C14H16N2O3. The summed E-state index contributed by atoms with van der Waals surface area (Å²) in [5, 5.41) is 11.5. The van der Waals surface area contributed by atoms with Gasteiger partial charge in [-0.25, -0.2) is 0 Å². The van der Waals surface area contributed by atoms with Crippen LogP contribution in [0.3, 0.4) is 0 Å². The summed E-state index contributed by atoms with van der Waals surface area (Å²) in [4.78, 5) is 11.6. The van der Waals surface area contributed by atoms with Gasteiger partial charge in [-0.05, 0) is 30.5 Å². The van der Waals surface area contributed by atoms with Gasteiger partial charge >= 0.3 is 0 Å². The Morgan fingerprint density at radius 1 is 1.47 bits per heavy atom. The van der Waals surface area contributed by atoms with Crippen molar-refractivity contribution in [1.82, 2.24) is 5.32 Å². The fourth-order valence-corrected chi connectivity index (χ4v) is 1.89. The van der Waals surface area contributed by atoms with Gasteiger partial charge in [0.15, 0.2) is 11.5 Å². The van der Waals surface area contributed by atoms with E-state index in [-0.39, 0.29) is 12.7 Å². The second-order valence-corrected chi connectivity index (χ2v) is 4.32. The molecular weight excluding hydrogens is 244 g/mol. The number of rotatable bonds is 5. The first-order valence-corrected chi connectivity index (χ1v) is 6.30. The van der Waals surface area contributed by atoms with Gasteiger partial charge in [0.1, 0.15) is 5.92 Å². The molecule has 19 heavy (non-hydrogen) atoms. The molecule has 0 aromatic heterocycles. The molecule has 1 amide bonds. The van der Waals surface area contributed by atoms with Crippen LogP contribution in [0.15, 0.2) is 18.2 Å². The van der Waals surface area contributed by atoms with Crippen molar-refractivity contribution in [3.8, 4) is 17.6 Å². The molecule has 1 atom stereocenters. The number of nitriles is 1. The van der Waals surface area contributed by atoms with Crippen LogP contribution in [0.2, 0.25) is 0 Å². The number of ether oxygens (including phenoxy) is 2. The summed E-state index contributed by atoms with van der Waals surface area (Å²) in [6.07, 6.45) is 1.23. The van der Waals surface area contributed by atoms with E-state index in [4.69, 9.17) is 14.7 Å². The molecule has 1 aromatic carbocycles. The summed E-state index contributed by atoms with van der Waals surface area (Å²) >= 11 is 0. The molecule has 100 valence electrons. The number of hydrogen-bond donors (Lipinski definition) is 1. The van der Waals surface area contributed by atoms with Crippen LogP contribution in [-0.4, -0.2) is 19.2 Å². The molecule has 0 fully saturated rings. The smallest absolute Gasteiger partial charge is 0.237 e. The molecule has 1 heterocycles. The Balaban J connectivity index is 1.83. The highest BCUT2D eigenvalue weighted by atomic mass is 16.7. The van der Waals surface area contributed by atoms with Gasteiger partial charge in [0.2, 0.25) is 12.7 Å². The van der Waals surface area contributed by atoms with E-state index in [1.54, 1.807) is 0 Å². The van der Waals surface area contributed by atoms with Crippen LogP contribution in [-0.2, 0) is 11.2 Å². The predicted octanol–water partition coefficient (Wildman–Crippen LogP) is 1.62. The minimum Gasteiger partial charge on any atom is -0.454 e. The predicted molar refractivity (Wildman–Crippen MR) is 68.7 cm³/mol. The molecule has 1 aliphatic heterocycles. The molecule has 0 saturated carbocycles. The van der Waals surface area contributed by atoms with Crippen molar-refractivity contribution in [1.29, 1.82) is 5.26 Å². The highest BCUT2D eigenvalue weighted by Crippen LogP contribution is 2.32. The summed E-state index contributed by atoms with van der Waals surface area (Å²) in [5.41, 5.74) is 1.06. The van der Waals surface area contributed by atoms with Gasteiger partial charge in [0.05, 0.1) is 6.07 Å². The molecule has 2 rings (SSSR count). The lowest BCUT2D eigenvalue weighted by atomic mass is 10.1. The maximum atomic E-state index is 11.6. The van der Waals surface area contributed by atoms with E-state index in [2.05, 4.69) is 5.32 Å². The number of nitrogens with zero attached hydrogens (tertiary/aromatic N) is 1. The summed E-state index contributed by atoms with van der Waals surface area (Å²) < 4.78 is 10.5. The quantitative estimate of drug-likeness (QED) is 0.873. The van der Waals surface area contributed by atoms with Crippen molar-refractivity contribution in [2.75, 3.05) is 13.3 Å². The zero-order chi connectivity index (χ0) is 13.7. The molecule has 0 saturated heterocycles. The Morgan fingerprint density at radius 2 is 2.26 bits per heavy atom. The Morgan fingerprint density at radius 3 is 3.00 bits per heavy atom. The van der Waals surface area contributed by atoms with E-state index >= 15 is 0 Å². The number of fused-ring (bicyclic) bond motifs is 1. The van der Waals surface area contributed by atoms with Crippen LogP contribution >= 0.6 is 0 Å². The highest BCUT2D eigenvalue weighted by Gasteiger charge is 2.15. The fraction of sp³-hybridized carbons (Fsp3) is 0.429. The normalized spacial score (nSPS) is 13.7.